The van der Waals surface area contributed by atoms with Gasteiger partial charge >= 0.3 is 0 Å². The minimum Gasteiger partial charge on any atom is -0.372 e. The summed E-state index contributed by atoms with van der Waals surface area (Å²) in [6.45, 7) is 6.35. The second-order valence-electron chi connectivity index (χ2n) is 3.85. The molecule has 1 aromatic heterocycles. The Bertz CT molecular complexity index is 483. The maximum absolute atomic E-state index is 4.20. The van der Waals surface area contributed by atoms with E-state index in [1.165, 1.54) is 5.69 Å². The molecule has 0 unspecified atom stereocenters. The van der Waals surface area contributed by atoms with E-state index < -0.39 is 0 Å². The zero-order valence-corrected chi connectivity index (χ0v) is 10.7. The van der Waals surface area contributed by atoms with E-state index in [1.54, 1.807) is 23.5 Å². The van der Waals surface area contributed by atoms with Crippen molar-refractivity contribution in [3.05, 3.63) is 42.5 Å². The van der Waals surface area contributed by atoms with Gasteiger partial charge in [-0.25, -0.2) is 4.68 Å². The quantitative estimate of drug-likeness (QED) is 0.755. The molecule has 0 radical (unpaired) electrons. The van der Waals surface area contributed by atoms with Gasteiger partial charge in [0.25, 0.3) is 0 Å². The Morgan fingerprint density at radius 3 is 2.28 bits per heavy atom. The van der Waals surface area contributed by atoms with Gasteiger partial charge in [-0.3, -0.25) is 0 Å². The van der Waals surface area contributed by atoms with Gasteiger partial charge in [0.15, 0.2) is 0 Å². The average molecular weight is 243 g/mol. The molecule has 94 valence electrons. The zero-order valence-electron chi connectivity index (χ0n) is 10.7. The number of benzene rings is 1. The summed E-state index contributed by atoms with van der Waals surface area (Å²) in [5.41, 5.74) is 2.29. The predicted molar refractivity (Wildman–Crippen MR) is 73.0 cm³/mol. The Balaban J connectivity index is 2.08. The Morgan fingerprint density at radius 2 is 1.72 bits per heavy atom. The molecular formula is C13H17N5. The lowest BCUT2D eigenvalue weighted by Gasteiger charge is -2.20. The summed E-state index contributed by atoms with van der Waals surface area (Å²) >= 11 is 0. The summed E-state index contributed by atoms with van der Waals surface area (Å²) in [6.07, 6.45) is 4.90. The van der Waals surface area contributed by atoms with E-state index in [1.807, 2.05) is 0 Å². The van der Waals surface area contributed by atoms with Crippen LogP contribution in [-0.2, 0) is 0 Å². The highest BCUT2D eigenvalue weighted by Gasteiger charge is 2.00. The van der Waals surface area contributed by atoms with Gasteiger partial charge in [0.05, 0.1) is 6.21 Å². The molecule has 0 spiro atoms. The van der Waals surface area contributed by atoms with E-state index in [-0.39, 0.29) is 0 Å². The van der Waals surface area contributed by atoms with Crippen LogP contribution >= 0.6 is 0 Å². The Labute approximate surface area is 107 Å². The van der Waals surface area contributed by atoms with Crippen molar-refractivity contribution >= 4 is 11.9 Å². The van der Waals surface area contributed by atoms with Gasteiger partial charge in [-0.15, -0.1) is 10.2 Å². The highest BCUT2D eigenvalue weighted by atomic mass is 15.4. The lowest BCUT2D eigenvalue weighted by Crippen LogP contribution is -2.21. The first-order chi connectivity index (χ1) is 8.83. The molecule has 5 heteroatoms. The van der Waals surface area contributed by atoms with E-state index in [2.05, 4.69) is 58.3 Å². The molecule has 0 aliphatic carbocycles. The van der Waals surface area contributed by atoms with Crippen LogP contribution < -0.4 is 4.90 Å². The van der Waals surface area contributed by atoms with Crippen LogP contribution in [0.2, 0.25) is 0 Å². The Kier molecular flexibility index (Phi) is 4.06. The third-order valence-electron chi connectivity index (χ3n) is 2.77. The lowest BCUT2D eigenvalue weighted by molar-refractivity contribution is 0.866. The third-order valence-corrected chi connectivity index (χ3v) is 2.77. The monoisotopic (exact) mass is 243 g/mol. The van der Waals surface area contributed by atoms with Crippen molar-refractivity contribution in [2.24, 2.45) is 5.10 Å². The molecule has 18 heavy (non-hydrogen) atoms. The van der Waals surface area contributed by atoms with Crippen molar-refractivity contribution < 1.29 is 0 Å². The minimum absolute atomic E-state index is 1.02. The van der Waals surface area contributed by atoms with Crippen molar-refractivity contribution in [3.63, 3.8) is 0 Å². The molecule has 0 aliphatic rings. The van der Waals surface area contributed by atoms with Crippen LogP contribution in [0.1, 0.15) is 19.4 Å². The van der Waals surface area contributed by atoms with Gasteiger partial charge in [0.1, 0.15) is 12.7 Å². The SMILES string of the molecule is CCN(CC)c1ccc(/C=N\n2cnnc2)cc1. The second-order valence-corrected chi connectivity index (χ2v) is 3.85. The highest BCUT2D eigenvalue weighted by molar-refractivity contribution is 5.80. The van der Waals surface area contributed by atoms with Crippen molar-refractivity contribution in [2.45, 2.75) is 13.8 Å². The number of anilines is 1. The van der Waals surface area contributed by atoms with Crippen molar-refractivity contribution in [1.82, 2.24) is 14.9 Å². The molecule has 0 aliphatic heterocycles. The lowest BCUT2D eigenvalue weighted by atomic mass is 10.2. The smallest absolute Gasteiger partial charge is 0.141 e. The van der Waals surface area contributed by atoms with Crippen molar-refractivity contribution in [2.75, 3.05) is 18.0 Å². The summed E-state index contributed by atoms with van der Waals surface area (Å²) in [7, 11) is 0. The fraction of sp³-hybridized carbons (Fsp3) is 0.308. The van der Waals surface area contributed by atoms with Crippen LogP contribution in [0.4, 0.5) is 5.69 Å². The zero-order chi connectivity index (χ0) is 12.8. The number of hydrogen-bond donors (Lipinski definition) is 0. The standard InChI is InChI=1S/C13H17N5/c1-3-17(4-2)13-7-5-12(6-8-13)9-16-18-10-14-15-11-18/h5-11H,3-4H2,1-2H3/b16-9-. The minimum atomic E-state index is 1.02. The van der Waals surface area contributed by atoms with Crippen LogP contribution in [-0.4, -0.2) is 34.2 Å². The first kappa shape index (κ1) is 12.3. The molecule has 5 nitrogen and oxygen atoms in total. The molecule has 0 amide bonds. The average Bonchev–Trinajstić information content (AvgIpc) is 2.92. The Hall–Kier alpha value is -2.17. The molecule has 0 saturated heterocycles. The predicted octanol–water partition coefficient (Wildman–Crippen LogP) is 2.01. The molecule has 1 heterocycles. The summed E-state index contributed by atoms with van der Waals surface area (Å²) in [4.78, 5) is 2.31. The molecule has 1 aromatic carbocycles. The van der Waals surface area contributed by atoms with Crippen LogP contribution in [0.3, 0.4) is 0 Å². The molecule has 0 N–H and O–H groups in total. The first-order valence-electron chi connectivity index (χ1n) is 6.07. The number of hydrogen-bond acceptors (Lipinski definition) is 4. The largest absolute Gasteiger partial charge is 0.372 e. The number of nitrogens with zero attached hydrogens (tertiary/aromatic N) is 5. The number of aromatic nitrogens is 3. The fourth-order valence-corrected chi connectivity index (χ4v) is 1.75. The van der Waals surface area contributed by atoms with Gasteiger partial charge in [-0.1, -0.05) is 12.1 Å². The third kappa shape index (κ3) is 2.94. The van der Waals surface area contributed by atoms with E-state index >= 15 is 0 Å². The fourth-order valence-electron chi connectivity index (χ4n) is 1.75. The summed E-state index contributed by atoms with van der Waals surface area (Å²) in [5, 5.41) is 11.6. The first-order valence-corrected chi connectivity index (χ1v) is 6.07. The summed E-state index contributed by atoms with van der Waals surface area (Å²) in [6, 6.07) is 8.34. The highest BCUT2D eigenvalue weighted by Crippen LogP contribution is 2.13. The number of rotatable bonds is 5. The van der Waals surface area contributed by atoms with Gasteiger partial charge in [0, 0.05) is 18.8 Å². The maximum atomic E-state index is 4.20. The van der Waals surface area contributed by atoms with Crippen LogP contribution in [0.25, 0.3) is 0 Å². The normalized spacial score (nSPS) is 11.0. The molecule has 0 bridgehead atoms. The topological polar surface area (TPSA) is 46.3 Å². The van der Waals surface area contributed by atoms with Crippen molar-refractivity contribution in [1.29, 1.82) is 0 Å². The van der Waals surface area contributed by atoms with Gasteiger partial charge < -0.3 is 4.90 Å². The van der Waals surface area contributed by atoms with E-state index in [0.717, 1.165) is 18.7 Å². The van der Waals surface area contributed by atoms with Crippen LogP contribution in [0.5, 0.6) is 0 Å². The van der Waals surface area contributed by atoms with Gasteiger partial charge in [0.2, 0.25) is 0 Å². The summed E-state index contributed by atoms with van der Waals surface area (Å²) in [5.74, 6) is 0. The maximum Gasteiger partial charge on any atom is 0.141 e. The molecule has 0 saturated carbocycles. The van der Waals surface area contributed by atoms with Crippen molar-refractivity contribution in [3.8, 4) is 0 Å². The van der Waals surface area contributed by atoms with Gasteiger partial charge in [-0.2, -0.15) is 5.10 Å². The van der Waals surface area contributed by atoms with E-state index in [4.69, 9.17) is 0 Å². The molecule has 2 aromatic rings. The van der Waals surface area contributed by atoms with E-state index in [9.17, 15) is 0 Å². The molecule has 0 fully saturated rings. The van der Waals surface area contributed by atoms with Crippen LogP contribution in [0.15, 0.2) is 42.0 Å². The summed E-state index contributed by atoms with van der Waals surface area (Å²) < 4.78 is 1.57. The van der Waals surface area contributed by atoms with Crippen LogP contribution in [0, 0.1) is 0 Å². The molecule has 2 rings (SSSR count). The molecular weight excluding hydrogens is 226 g/mol. The van der Waals surface area contributed by atoms with E-state index in [0.29, 0.717) is 0 Å². The van der Waals surface area contributed by atoms with Gasteiger partial charge in [-0.05, 0) is 31.5 Å². The molecule has 0 atom stereocenters. The Morgan fingerprint density at radius 1 is 1.11 bits per heavy atom. The second kappa shape index (κ2) is 5.95.